The van der Waals surface area contributed by atoms with E-state index >= 15 is 0 Å². The summed E-state index contributed by atoms with van der Waals surface area (Å²) in [4.78, 5) is 16.8. The molecule has 2 unspecified atom stereocenters. The second-order valence-corrected chi connectivity index (χ2v) is 8.81. The summed E-state index contributed by atoms with van der Waals surface area (Å²) >= 11 is 0. The smallest absolute Gasteiger partial charge is 0.194 e. The van der Waals surface area contributed by atoms with Crippen LogP contribution in [0.25, 0.3) is 0 Å². The van der Waals surface area contributed by atoms with Gasteiger partial charge < -0.3 is 20.0 Å². The fourth-order valence-electron chi connectivity index (χ4n) is 4.72. The van der Waals surface area contributed by atoms with E-state index in [2.05, 4.69) is 57.9 Å². The zero-order chi connectivity index (χ0) is 20.5. The van der Waals surface area contributed by atoms with Crippen molar-refractivity contribution < 1.29 is 0 Å². The van der Waals surface area contributed by atoms with E-state index in [0.717, 1.165) is 62.9 Å². The second-order valence-electron chi connectivity index (χ2n) is 8.81. The number of hydrogen-bond acceptors (Lipinski definition) is 4. The average Bonchev–Trinajstić information content (AvgIpc) is 2.73. The van der Waals surface area contributed by atoms with E-state index in [1.807, 2.05) is 12.3 Å². The number of halogens is 1. The van der Waals surface area contributed by atoms with Crippen LogP contribution in [-0.4, -0.2) is 79.6 Å². The summed E-state index contributed by atoms with van der Waals surface area (Å²) in [5.41, 5.74) is 0. The van der Waals surface area contributed by atoms with Crippen molar-refractivity contribution in [3.63, 3.8) is 0 Å². The molecule has 0 aliphatic carbocycles. The molecule has 7 heteroatoms. The van der Waals surface area contributed by atoms with E-state index in [9.17, 15) is 0 Å². The topological polar surface area (TPSA) is 47.0 Å². The fourth-order valence-corrected chi connectivity index (χ4v) is 4.72. The average molecular weight is 529 g/mol. The molecule has 2 aliphatic heterocycles. The number of aliphatic imine (C=N–C) groups is 1. The maximum Gasteiger partial charge on any atom is 0.194 e. The summed E-state index contributed by atoms with van der Waals surface area (Å²) in [5.74, 6) is 3.85. The van der Waals surface area contributed by atoms with Gasteiger partial charge in [0.25, 0.3) is 0 Å². The number of guanidine groups is 1. The summed E-state index contributed by atoms with van der Waals surface area (Å²) in [5, 5.41) is 3.49. The maximum absolute atomic E-state index is 4.93. The Morgan fingerprint density at radius 2 is 1.83 bits per heavy atom. The van der Waals surface area contributed by atoms with Crippen molar-refractivity contribution in [1.82, 2.24) is 20.1 Å². The molecule has 6 nitrogen and oxygen atoms in total. The highest BCUT2D eigenvalue weighted by atomic mass is 127. The number of pyridine rings is 1. The zero-order valence-electron chi connectivity index (χ0n) is 19.1. The molecule has 0 aromatic carbocycles. The minimum absolute atomic E-state index is 0. The van der Waals surface area contributed by atoms with E-state index in [0.29, 0.717) is 0 Å². The van der Waals surface area contributed by atoms with Crippen LogP contribution >= 0.6 is 24.0 Å². The lowest BCUT2D eigenvalue weighted by molar-refractivity contribution is 0.139. The first-order chi connectivity index (χ1) is 14.2. The third-order valence-corrected chi connectivity index (χ3v) is 5.98. The normalized spacial score (nSPS) is 23.2. The van der Waals surface area contributed by atoms with Crippen LogP contribution in [0.1, 0.15) is 40.0 Å². The number of aromatic nitrogens is 1. The molecule has 2 saturated heterocycles. The standard InChI is InChI=1S/C23H40N6.HI/c1-4-24-23(26-11-7-8-12-27-18-20(2)17-21(3)19-27)29-15-13-28(14-16-29)22-9-5-6-10-25-22;/h5-6,9-10,20-21H,4,7-8,11-19H2,1-3H3,(H,24,26);1H. The number of nitrogens with one attached hydrogen (secondary N) is 1. The minimum atomic E-state index is 0. The Balaban J connectivity index is 0.00000320. The molecular weight excluding hydrogens is 487 g/mol. The van der Waals surface area contributed by atoms with Crippen LogP contribution in [0.15, 0.2) is 29.4 Å². The third-order valence-electron chi connectivity index (χ3n) is 5.98. The van der Waals surface area contributed by atoms with Crippen molar-refractivity contribution in [2.24, 2.45) is 16.8 Å². The molecule has 3 heterocycles. The lowest BCUT2D eigenvalue weighted by atomic mass is 9.92. The Morgan fingerprint density at radius 1 is 1.10 bits per heavy atom. The number of unbranched alkanes of at least 4 members (excludes halogenated alkanes) is 1. The molecule has 0 bridgehead atoms. The Labute approximate surface area is 200 Å². The van der Waals surface area contributed by atoms with Gasteiger partial charge in [0.15, 0.2) is 5.96 Å². The number of piperidine rings is 1. The highest BCUT2D eigenvalue weighted by molar-refractivity contribution is 14.0. The maximum atomic E-state index is 4.93. The van der Waals surface area contributed by atoms with Crippen molar-refractivity contribution in [3.8, 4) is 0 Å². The van der Waals surface area contributed by atoms with Crippen LogP contribution < -0.4 is 10.2 Å². The van der Waals surface area contributed by atoms with E-state index in [-0.39, 0.29) is 24.0 Å². The molecule has 2 atom stereocenters. The molecule has 2 aliphatic rings. The fraction of sp³-hybridized carbons (Fsp3) is 0.739. The molecule has 0 saturated carbocycles. The minimum Gasteiger partial charge on any atom is -0.357 e. The number of piperazine rings is 1. The Bertz CT molecular complexity index is 607. The number of likely N-dealkylation sites (tertiary alicyclic amines) is 1. The Morgan fingerprint density at radius 3 is 2.47 bits per heavy atom. The first-order valence-electron chi connectivity index (χ1n) is 11.6. The summed E-state index contributed by atoms with van der Waals surface area (Å²) < 4.78 is 0. The molecule has 0 spiro atoms. The molecular formula is C23H41IN6. The SMILES string of the molecule is CCNC(=NCCCCN1CC(C)CC(C)C1)N1CCN(c2ccccn2)CC1.I. The summed E-state index contributed by atoms with van der Waals surface area (Å²) in [7, 11) is 0. The van der Waals surface area contributed by atoms with E-state index in [1.54, 1.807) is 0 Å². The van der Waals surface area contributed by atoms with Crippen LogP contribution in [0.3, 0.4) is 0 Å². The molecule has 2 fully saturated rings. The first-order valence-corrected chi connectivity index (χ1v) is 11.6. The van der Waals surface area contributed by atoms with Crippen LogP contribution in [0.5, 0.6) is 0 Å². The molecule has 1 aromatic heterocycles. The van der Waals surface area contributed by atoms with Gasteiger partial charge in [0.1, 0.15) is 5.82 Å². The van der Waals surface area contributed by atoms with Gasteiger partial charge in [0, 0.05) is 58.6 Å². The lowest BCUT2D eigenvalue weighted by Crippen LogP contribution is -2.52. The molecule has 3 rings (SSSR count). The number of rotatable bonds is 7. The molecule has 1 aromatic rings. The number of anilines is 1. The Kier molecular flexibility index (Phi) is 11.2. The van der Waals surface area contributed by atoms with Crippen LogP contribution in [-0.2, 0) is 0 Å². The van der Waals surface area contributed by atoms with Gasteiger partial charge in [-0.1, -0.05) is 19.9 Å². The van der Waals surface area contributed by atoms with Gasteiger partial charge >= 0.3 is 0 Å². The summed E-state index contributed by atoms with van der Waals surface area (Å²) in [6.45, 7) is 16.5. The van der Waals surface area contributed by atoms with E-state index in [1.165, 1.54) is 38.9 Å². The van der Waals surface area contributed by atoms with E-state index in [4.69, 9.17) is 4.99 Å². The predicted molar refractivity (Wildman–Crippen MR) is 138 cm³/mol. The highest BCUT2D eigenvalue weighted by Crippen LogP contribution is 2.21. The molecule has 1 N–H and O–H groups in total. The van der Waals surface area contributed by atoms with Gasteiger partial charge in [0.05, 0.1) is 0 Å². The Hall–Kier alpha value is -1.09. The van der Waals surface area contributed by atoms with Crippen molar-refractivity contribution >= 4 is 35.8 Å². The molecule has 0 radical (unpaired) electrons. The van der Waals surface area contributed by atoms with Gasteiger partial charge in [-0.2, -0.15) is 0 Å². The largest absolute Gasteiger partial charge is 0.357 e. The lowest BCUT2D eigenvalue weighted by Gasteiger charge is -2.37. The number of nitrogens with zero attached hydrogens (tertiary/aromatic N) is 5. The summed E-state index contributed by atoms with van der Waals surface area (Å²) in [6, 6.07) is 6.13. The predicted octanol–water partition coefficient (Wildman–Crippen LogP) is 3.55. The number of hydrogen-bond donors (Lipinski definition) is 1. The van der Waals surface area contributed by atoms with Gasteiger partial charge in [-0.05, 0) is 56.7 Å². The van der Waals surface area contributed by atoms with Gasteiger partial charge in [0.2, 0.25) is 0 Å². The second kappa shape index (κ2) is 13.3. The van der Waals surface area contributed by atoms with Gasteiger partial charge in [-0.3, -0.25) is 4.99 Å². The van der Waals surface area contributed by atoms with Crippen LogP contribution in [0.4, 0.5) is 5.82 Å². The summed E-state index contributed by atoms with van der Waals surface area (Å²) in [6.07, 6.45) is 5.68. The zero-order valence-corrected chi connectivity index (χ0v) is 21.4. The van der Waals surface area contributed by atoms with Gasteiger partial charge in [-0.25, -0.2) is 4.98 Å². The van der Waals surface area contributed by atoms with E-state index < -0.39 is 0 Å². The van der Waals surface area contributed by atoms with Crippen LogP contribution in [0, 0.1) is 11.8 Å². The van der Waals surface area contributed by atoms with Crippen molar-refractivity contribution in [2.45, 2.75) is 40.0 Å². The van der Waals surface area contributed by atoms with Crippen molar-refractivity contribution in [2.75, 3.05) is 63.8 Å². The van der Waals surface area contributed by atoms with Gasteiger partial charge in [-0.15, -0.1) is 24.0 Å². The molecule has 170 valence electrons. The molecule has 30 heavy (non-hydrogen) atoms. The third kappa shape index (κ3) is 7.87. The van der Waals surface area contributed by atoms with Crippen molar-refractivity contribution in [1.29, 1.82) is 0 Å². The quantitative estimate of drug-likeness (QED) is 0.254. The first kappa shape index (κ1) is 25.2. The highest BCUT2D eigenvalue weighted by Gasteiger charge is 2.22. The van der Waals surface area contributed by atoms with Crippen molar-refractivity contribution in [3.05, 3.63) is 24.4 Å². The molecule has 0 amide bonds. The monoisotopic (exact) mass is 528 g/mol. The van der Waals surface area contributed by atoms with Crippen LogP contribution in [0.2, 0.25) is 0 Å².